The second-order valence-corrected chi connectivity index (χ2v) is 2.61. The number of hydrogen-bond acceptors (Lipinski definition) is 3. The van der Waals surface area contributed by atoms with Crippen LogP contribution in [0.15, 0.2) is 16.7 Å². The third-order valence-corrected chi connectivity index (χ3v) is 1.66. The Kier molecular flexibility index (Phi) is 3.51. The van der Waals surface area contributed by atoms with E-state index in [1.54, 1.807) is 6.07 Å². The molecular formula is C8H8Cl2N2O. The van der Waals surface area contributed by atoms with E-state index >= 15 is 0 Å². The molecule has 0 spiro atoms. The summed E-state index contributed by atoms with van der Waals surface area (Å²) in [6.07, 6.45) is 1.49. The first-order chi connectivity index (χ1) is 6.27. The van der Waals surface area contributed by atoms with Gasteiger partial charge in [0.05, 0.1) is 6.26 Å². The maximum atomic E-state index is 5.67. The summed E-state index contributed by atoms with van der Waals surface area (Å²) in [4.78, 5) is 7.57. The van der Waals surface area contributed by atoms with E-state index in [0.29, 0.717) is 11.1 Å². The molecule has 2 aromatic rings. The topological polar surface area (TPSA) is 38.9 Å². The molecule has 2 aromatic heterocycles. The van der Waals surface area contributed by atoms with Gasteiger partial charge in [-0.3, -0.25) is 0 Å². The van der Waals surface area contributed by atoms with Crippen LogP contribution < -0.4 is 0 Å². The van der Waals surface area contributed by atoms with Gasteiger partial charge in [-0.1, -0.05) is 25.4 Å². The van der Waals surface area contributed by atoms with Crippen LogP contribution in [0.25, 0.3) is 11.1 Å². The number of halogens is 2. The van der Waals surface area contributed by atoms with Gasteiger partial charge in [0.15, 0.2) is 10.7 Å². The highest BCUT2D eigenvalue weighted by atomic mass is 35.5. The maximum Gasteiger partial charge on any atom is 0.224 e. The monoisotopic (exact) mass is 218 g/mol. The van der Waals surface area contributed by atoms with E-state index in [4.69, 9.17) is 27.6 Å². The predicted octanol–water partition coefficient (Wildman–Crippen LogP) is 3.56. The molecule has 2 heterocycles. The minimum atomic E-state index is 0.129. The molecular weight excluding hydrogens is 211 g/mol. The molecule has 0 aliphatic rings. The van der Waals surface area contributed by atoms with Crippen LogP contribution in [0.1, 0.15) is 13.8 Å². The molecule has 0 bridgehead atoms. The molecule has 0 N–H and O–H groups in total. The van der Waals surface area contributed by atoms with E-state index in [2.05, 4.69) is 9.97 Å². The fraction of sp³-hybridized carbons (Fsp3) is 0.250. The number of furan rings is 1. The van der Waals surface area contributed by atoms with Gasteiger partial charge in [-0.05, 0) is 11.6 Å². The molecule has 3 nitrogen and oxygen atoms in total. The Bertz CT molecular complexity index is 400. The van der Waals surface area contributed by atoms with Gasteiger partial charge in [0.2, 0.25) is 5.28 Å². The molecule has 0 saturated heterocycles. The standard InChI is InChI=1S/C6H2Cl2N2O.C2H6/c7-5-4-3(1-2-11-4)9-6(8)10-5;1-2/h1-2H;1-2H3. The van der Waals surface area contributed by atoms with E-state index < -0.39 is 0 Å². The van der Waals surface area contributed by atoms with Gasteiger partial charge < -0.3 is 4.42 Å². The summed E-state index contributed by atoms with van der Waals surface area (Å²) in [5.41, 5.74) is 1.09. The van der Waals surface area contributed by atoms with E-state index in [1.807, 2.05) is 13.8 Å². The van der Waals surface area contributed by atoms with Crippen molar-refractivity contribution in [1.82, 2.24) is 9.97 Å². The second-order valence-electron chi connectivity index (χ2n) is 1.92. The van der Waals surface area contributed by atoms with Crippen LogP contribution in [0.3, 0.4) is 0 Å². The molecule has 0 aliphatic carbocycles. The van der Waals surface area contributed by atoms with Crippen molar-refractivity contribution in [3.8, 4) is 0 Å². The largest absolute Gasteiger partial charge is 0.459 e. The van der Waals surface area contributed by atoms with Crippen LogP contribution in [-0.2, 0) is 0 Å². The fourth-order valence-electron chi connectivity index (χ4n) is 0.801. The van der Waals surface area contributed by atoms with Gasteiger partial charge in [0.25, 0.3) is 0 Å². The van der Waals surface area contributed by atoms with E-state index in [-0.39, 0.29) is 10.4 Å². The van der Waals surface area contributed by atoms with Crippen molar-refractivity contribution < 1.29 is 4.42 Å². The van der Waals surface area contributed by atoms with Crippen molar-refractivity contribution in [3.05, 3.63) is 22.8 Å². The lowest BCUT2D eigenvalue weighted by molar-refractivity contribution is 0.613. The highest BCUT2D eigenvalue weighted by molar-refractivity contribution is 6.35. The summed E-state index contributed by atoms with van der Waals surface area (Å²) in [5, 5.41) is 0.369. The highest BCUT2D eigenvalue weighted by Gasteiger charge is 2.05. The molecule has 13 heavy (non-hydrogen) atoms. The van der Waals surface area contributed by atoms with Crippen molar-refractivity contribution in [3.63, 3.8) is 0 Å². The third-order valence-electron chi connectivity index (χ3n) is 1.23. The first kappa shape index (κ1) is 10.3. The van der Waals surface area contributed by atoms with Crippen molar-refractivity contribution in [2.24, 2.45) is 0 Å². The van der Waals surface area contributed by atoms with Gasteiger partial charge in [0, 0.05) is 6.07 Å². The molecule has 0 aromatic carbocycles. The van der Waals surface area contributed by atoms with Crippen molar-refractivity contribution in [2.45, 2.75) is 13.8 Å². The Morgan fingerprint density at radius 2 is 1.92 bits per heavy atom. The van der Waals surface area contributed by atoms with Gasteiger partial charge in [0.1, 0.15) is 5.52 Å². The highest BCUT2D eigenvalue weighted by Crippen LogP contribution is 2.22. The Hall–Kier alpha value is -0.800. The van der Waals surface area contributed by atoms with Gasteiger partial charge in [-0.15, -0.1) is 0 Å². The number of fused-ring (bicyclic) bond motifs is 1. The molecule has 0 fully saturated rings. The minimum Gasteiger partial charge on any atom is -0.459 e. The summed E-state index contributed by atoms with van der Waals surface area (Å²) in [6.45, 7) is 4.00. The summed E-state index contributed by atoms with van der Waals surface area (Å²) >= 11 is 11.2. The molecule has 0 aliphatic heterocycles. The Labute approximate surface area is 85.7 Å². The van der Waals surface area contributed by atoms with Crippen LogP contribution in [-0.4, -0.2) is 9.97 Å². The summed E-state index contributed by atoms with van der Waals surface area (Å²) in [6, 6.07) is 1.68. The maximum absolute atomic E-state index is 5.67. The van der Waals surface area contributed by atoms with E-state index in [0.717, 1.165) is 0 Å². The molecule has 0 saturated carbocycles. The number of nitrogens with zero attached hydrogens (tertiary/aromatic N) is 2. The van der Waals surface area contributed by atoms with Crippen LogP contribution in [0.5, 0.6) is 0 Å². The molecule has 2 rings (SSSR count). The summed E-state index contributed by atoms with van der Waals surface area (Å²) in [5.74, 6) is 0. The Morgan fingerprint density at radius 1 is 1.23 bits per heavy atom. The number of aromatic nitrogens is 2. The molecule has 0 amide bonds. The predicted molar refractivity (Wildman–Crippen MR) is 53.2 cm³/mol. The zero-order chi connectivity index (χ0) is 9.84. The van der Waals surface area contributed by atoms with Crippen molar-refractivity contribution in [2.75, 3.05) is 0 Å². The van der Waals surface area contributed by atoms with Crippen LogP contribution >= 0.6 is 23.2 Å². The van der Waals surface area contributed by atoms with E-state index in [1.165, 1.54) is 6.26 Å². The fourth-order valence-corrected chi connectivity index (χ4v) is 1.24. The molecule has 0 atom stereocenters. The zero-order valence-corrected chi connectivity index (χ0v) is 8.73. The minimum absolute atomic E-state index is 0.129. The van der Waals surface area contributed by atoms with Crippen LogP contribution in [0, 0.1) is 0 Å². The first-order valence-electron chi connectivity index (χ1n) is 3.83. The summed E-state index contributed by atoms with van der Waals surface area (Å²) in [7, 11) is 0. The first-order valence-corrected chi connectivity index (χ1v) is 4.59. The molecule has 70 valence electrons. The van der Waals surface area contributed by atoms with Crippen molar-refractivity contribution in [1.29, 1.82) is 0 Å². The van der Waals surface area contributed by atoms with Crippen LogP contribution in [0.4, 0.5) is 0 Å². The van der Waals surface area contributed by atoms with Gasteiger partial charge in [-0.2, -0.15) is 0 Å². The Balaban J connectivity index is 0.000000396. The Morgan fingerprint density at radius 3 is 2.62 bits per heavy atom. The average molecular weight is 219 g/mol. The van der Waals surface area contributed by atoms with Crippen LogP contribution in [0.2, 0.25) is 10.4 Å². The SMILES string of the molecule is CC.Clc1nc(Cl)c2occc2n1. The molecule has 0 unspecified atom stereocenters. The van der Waals surface area contributed by atoms with Gasteiger partial charge in [-0.25, -0.2) is 9.97 Å². The van der Waals surface area contributed by atoms with Crippen molar-refractivity contribution >= 4 is 34.3 Å². The smallest absolute Gasteiger partial charge is 0.224 e. The molecule has 5 heteroatoms. The van der Waals surface area contributed by atoms with E-state index in [9.17, 15) is 0 Å². The summed E-state index contributed by atoms with van der Waals surface area (Å²) < 4.78 is 4.99. The number of rotatable bonds is 0. The average Bonchev–Trinajstić information content (AvgIpc) is 2.55. The van der Waals surface area contributed by atoms with Gasteiger partial charge >= 0.3 is 0 Å². The third kappa shape index (κ3) is 2.11. The molecule has 0 radical (unpaired) electrons. The normalized spacial score (nSPS) is 9.54. The number of hydrogen-bond donors (Lipinski definition) is 0. The zero-order valence-electron chi connectivity index (χ0n) is 7.21. The lowest BCUT2D eigenvalue weighted by Crippen LogP contribution is -1.82. The second kappa shape index (κ2) is 4.44. The lowest BCUT2D eigenvalue weighted by atomic mass is 10.5. The lowest BCUT2D eigenvalue weighted by Gasteiger charge is -1.90. The quantitative estimate of drug-likeness (QED) is 0.502.